The van der Waals surface area contributed by atoms with Gasteiger partial charge in [0.2, 0.25) is 0 Å². The molecule has 0 aliphatic heterocycles. The lowest BCUT2D eigenvalue weighted by Gasteiger charge is -2.10. The summed E-state index contributed by atoms with van der Waals surface area (Å²) in [7, 11) is 0. The standard InChI is InChI=1S/C10H12N2O3/c13-8(7-2-1-5-11-7)12-6-10(3-4-10)9(14)15/h1-2,5,11H,3-4,6H2,(H,12,13)(H,14,15). The van der Waals surface area contributed by atoms with Crippen LogP contribution in [0.5, 0.6) is 0 Å². The van der Waals surface area contributed by atoms with Crippen LogP contribution in [0.1, 0.15) is 23.3 Å². The lowest BCUT2D eigenvalue weighted by Crippen LogP contribution is -2.34. The molecule has 1 fully saturated rings. The average molecular weight is 208 g/mol. The molecule has 15 heavy (non-hydrogen) atoms. The van der Waals surface area contributed by atoms with Gasteiger partial charge < -0.3 is 15.4 Å². The molecule has 5 heteroatoms. The minimum atomic E-state index is -0.825. The van der Waals surface area contributed by atoms with Gasteiger partial charge in [-0.2, -0.15) is 0 Å². The number of nitrogens with one attached hydrogen (secondary N) is 2. The van der Waals surface area contributed by atoms with Gasteiger partial charge in [0.15, 0.2) is 0 Å². The Balaban J connectivity index is 1.89. The maximum absolute atomic E-state index is 11.5. The predicted octanol–water partition coefficient (Wildman–Crippen LogP) is 0.609. The van der Waals surface area contributed by atoms with Gasteiger partial charge >= 0.3 is 5.97 Å². The molecule has 0 radical (unpaired) electrons. The van der Waals surface area contributed by atoms with E-state index in [0.29, 0.717) is 18.5 Å². The van der Waals surface area contributed by atoms with Crippen molar-refractivity contribution in [3.63, 3.8) is 0 Å². The summed E-state index contributed by atoms with van der Waals surface area (Å²) in [5.74, 6) is -1.08. The Bertz CT molecular complexity index is 379. The van der Waals surface area contributed by atoms with E-state index in [1.807, 2.05) is 0 Å². The Labute approximate surface area is 86.5 Å². The summed E-state index contributed by atoms with van der Waals surface area (Å²) < 4.78 is 0. The van der Waals surface area contributed by atoms with Gasteiger partial charge in [-0.25, -0.2) is 0 Å². The molecule has 0 unspecified atom stereocenters. The topological polar surface area (TPSA) is 82.2 Å². The number of amides is 1. The van der Waals surface area contributed by atoms with E-state index in [9.17, 15) is 9.59 Å². The largest absolute Gasteiger partial charge is 0.481 e. The van der Waals surface area contributed by atoms with Gasteiger partial charge in [-0.05, 0) is 25.0 Å². The number of carbonyl (C=O) groups excluding carboxylic acids is 1. The quantitative estimate of drug-likeness (QED) is 0.678. The molecular weight excluding hydrogens is 196 g/mol. The zero-order chi connectivity index (χ0) is 10.9. The molecule has 1 aliphatic carbocycles. The zero-order valence-corrected chi connectivity index (χ0v) is 8.12. The van der Waals surface area contributed by atoms with Crippen LogP contribution in [0.2, 0.25) is 0 Å². The maximum Gasteiger partial charge on any atom is 0.311 e. The van der Waals surface area contributed by atoms with E-state index in [0.717, 1.165) is 0 Å². The van der Waals surface area contributed by atoms with E-state index in [1.165, 1.54) is 0 Å². The number of carboxylic acid groups (broad SMARTS) is 1. The lowest BCUT2D eigenvalue weighted by molar-refractivity contribution is -0.143. The molecule has 5 nitrogen and oxygen atoms in total. The first-order chi connectivity index (χ1) is 7.14. The molecule has 0 saturated heterocycles. The van der Waals surface area contributed by atoms with Crippen molar-refractivity contribution in [2.45, 2.75) is 12.8 Å². The fourth-order valence-corrected chi connectivity index (χ4v) is 1.43. The average Bonchev–Trinajstić information content (AvgIpc) is 2.80. The van der Waals surface area contributed by atoms with Crippen LogP contribution in [0.15, 0.2) is 18.3 Å². The van der Waals surface area contributed by atoms with Gasteiger partial charge in [0, 0.05) is 12.7 Å². The summed E-state index contributed by atoms with van der Waals surface area (Å²) in [6.07, 6.45) is 2.94. The van der Waals surface area contributed by atoms with Gasteiger partial charge in [-0.1, -0.05) is 0 Å². The fraction of sp³-hybridized carbons (Fsp3) is 0.400. The molecular formula is C10H12N2O3. The van der Waals surface area contributed by atoms with Gasteiger partial charge in [0.25, 0.3) is 5.91 Å². The van der Waals surface area contributed by atoms with Gasteiger partial charge in [0.1, 0.15) is 5.69 Å². The van der Waals surface area contributed by atoms with Gasteiger partial charge in [-0.3, -0.25) is 9.59 Å². The third-order valence-electron chi connectivity index (χ3n) is 2.74. The van der Waals surface area contributed by atoms with E-state index >= 15 is 0 Å². The van der Waals surface area contributed by atoms with Crippen LogP contribution in [0.3, 0.4) is 0 Å². The molecule has 1 aliphatic rings. The SMILES string of the molecule is O=C(NCC1(C(=O)O)CC1)c1ccc[nH]1. The number of aromatic amines is 1. The summed E-state index contributed by atoms with van der Waals surface area (Å²) in [5, 5.41) is 11.5. The molecule has 1 aromatic heterocycles. The van der Waals surface area contributed by atoms with Crippen LogP contribution in [0.4, 0.5) is 0 Å². The Morgan fingerprint density at radius 1 is 1.53 bits per heavy atom. The summed E-state index contributed by atoms with van der Waals surface area (Å²) in [5.41, 5.74) is -0.251. The minimum Gasteiger partial charge on any atom is -0.481 e. The highest BCUT2D eigenvalue weighted by atomic mass is 16.4. The van der Waals surface area contributed by atoms with Crippen LogP contribution in [0, 0.1) is 5.41 Å². The second kappa shape index (κ2) is 3.42. The van der Waals surface area contributed by atoms with Crippen molar-refractivity contribution < 1.29 is 14.7 Å². The highest BCUT2D eigenvalue weighted by Gasteiger charge is 2.50. The van der Waals surface area contributed by atoms with Crippen molar-refractivity contribution in [2.24, 2.45) is 5.41 Å². The third-order valence-corrected chi connectivity index (χ3v) is 2.74. The van der Waals surface area contributed by atoms with E-state index in [4.69, 9.17) is 5.11 Å². The second-order valence-corrected chi connectivity index (χ2v) is 3.85. The molecule has 0 aromatic carbocycles. The van der Waals surface area contributed by atoms with E-state index in [1.54, 1.807) is 18.3 Å². The van der Waals surface area contributed by atoms with Crippen molar-refractivity contribution in [3.8, 4) is 0 Å². The Kier molecular flexibility index (Phi) is 2.22. The van der Waals surface area contributed by atoms with Crippen molar-refractivity contribution in [1.29, 1.82) is 0 Å². The first-order valence-corrected chi connectivity index (χ1v) is 4.79. The molecule has 1 aromatic rings. The van der Waals surface area contributed by atoms with Crippen molar-refractivity contribution in [3.05, 3.63) is 24.0 Å². The molecule has 1 amide bonds. The summed E-state index contributed by atoms with van der Waals surface area (Å²) >= 11 is 0. The van der Waals surface area contributed by atoms with Crippen LogP contribution in [-0.2, 0) is 4.79 Å². The van der Waals surface area contributed by atoms with Crippen LogP contribution in [0.25, 0.3) is 0 Å². The smallest absolute Gasteiger partial charge is 0.311 e. The lowest BCUT2D eigenvalue weighted by atomic mass is 10.1. The summed E-state index contributed by atoms with van der Waals surface area (Å²) in [6.45, 7) is 0.209. The molecule has 0 spiro atoms. The molecule has 0 atom stereocenters. The number of hydrogen-bond donors (Lipinski definition) is 3. The van der Waals surface area contributed by atoms with Crippen molar-refractivity contribution in [2.75, 3.05) is 6.54 Å². The summed E-state index contributed by atoms with van der Waals surface area (Å²) in [4.78, 5) is 25.1. The highest BCUT2D eigenvalue weighted by Crippen LogP contribution is 2.45. The second-order valence-electron chi connectivity index (χ2n) is 3.85. The fourth-order valence-electron chi connectivity index (χ4n) is 1.43. The molecule has 0 bridgehead atoms. The third kappa shape index (κ3) is 1.86. The molecule has 2 rings (SSSR count). The number of carboxylic acids is 1. The Morgan fingerprint density at radius 3 is 2.73 bits per heavy atom. The van der Waals surface area contributed by atoms with Crippen LogP contribution < -0.4 is 5.32 Å². The number of carbonyl (C=O) groups is 2. The zero-order valence-electron chi connectivity index (χ0n) is 8.12. The van der Waals surface area contributed by atoms with Crippen LogP contribution >= 0.6 is 0 Å². The number of aromatic nitrogens is 1. The summed E-state index contributed by atoms with van der Waals surface area (Å²) in [6, 6.07) is 3.37. The van der Waals surface area contributed by atoms with E-state index in [-0.39, 0.29) is 12.5 Å². The number of rotatable bonds is 4. The van der Waals surface area contributed by atoms with Gasteiger partial charge in [0.05, 0.1) is 5.41 Å². The maximum atomic E-state index is 11.5. The van der Waals surface area contributed by atoms with Gasteiger partial charge in [-0.15, -0.1) is 0 Å². The minimum absolute atomic E-state index is 0.209. The van der Waals surface area contributed by atoms with Crippen LogP contribution in [-0.4, -0.2) is 28.5 Å². The number of H-pyrrole nitrogens is 1. The highest BCUT2D eigenvalue weighted by molar-refractivity contribution is 5.92. The van der Waals surface area contributed by atoms with E-state index in [2.05, 4.69) is 10.3 Å². The molecule has 80 valence electrons. The monoisotopic (exact) mass is 208 g/mol. The first kappa shape index (κ1) is 9.76. The van der Waals surface area contributed by atoms with Crippen molar-refractivity contribution in [1.82, 2.24) is 10.3 Å². The Hall–Kier alpha value is -1.78. The molecule has 1 heterocycles. The predicted molar refractivity (Wildman–Crippen MR) is 52.4 cm³/mol. The number of hydrogen-bond acceptors (Lipinski definition) is 2. The first-order valence-electron chi connectivity index (χ1n) is 4.79. The Morgan fingerprint density at radius 2 is 2.27 bits per heavy atom. The molecule has 1 saturated carbocycles. The molecule has 3 N–H and O–H groups in total. The number of aliphatic carboxylic acids is 1. The van der Waals surface area contributed by atoms with E-state index < -0.39 is 11.4 Å². The normalized spacial score (nSPS) is 17.1. The van der Waals surface area contributed by atoms with Crippen molar-refractivity contribution >= 4 is 11.9 Å².